The molecule has 0 spiro atoms. The fourth-order valence-corrected chi connectivity index (χ4v) is 2.10. The summed E-state index contributed by atoms with van der Waals surface area (Å²) in [6.45, 7) is 4.19. The maximum Gasteiger partial charge on any atom is 0.254 e. The summed E-state index contributed by atoms with van der Waals surface area (Å²) in [5.74, 6) is 0. The van der Waals surface area contributed by atoms with Gasteiger partial charge in [-0.05, 0) is 24.5 Å². The standard InChI is InChI=1S/C15H18N2O/c1-3-6-13-14(16-10-17-15(13)18)12-8-5-7-11(4-2)9-12/h5,7-10H,3-4,6H2,1-2H3,(H,16,17,18). The van der Waals surface area contributed by atoms with Gasteiger partial charge in [-0.1, -0.05) is 38.5 Å². The second-order valence-corrected chi connectivity index (χ2v) is 4.36. The summed E-state index contributed by atoms with van der Waals surface area (Å²) < 4.78 is 0. The molecule has 1 heterocycles. The summed E-state index contributed by atoms with van der Waals surface area (Å²) in [4.78, 5) is 18.9. The molecule has 0 aliphatic rings. The highest BCUT2D eigenvalue weighted by Gasteiger charge is 2.10. The number of hydrogen-bond acceptors (Lipinski definition) is 2. The van der Waals surface area contributed by atoms with Crippen LogP contribution in [0, 0.1) is 0 Å². The molecule has 3 heteroatoms. The number of rotatable bonds is 4. The topological polar surface area (TPSA) is 45.8 Å². The minimum Gasteiger partial charge on any atom is -0.313 e. The minimum absolute atomic E-state index is 0.0243. The molecule has 1 N–H and O–H groups in total. The quantitative estimate of drug-likeness (QED) is 0.896. The lowest BCUT2D eigenvalue weighted by Gasteiger charge is -2.07. The van der Waals surface area contributed by atoms with Gasteiger partial charge in [0, 0.05) is 11.1 Å². The fourth-order valence-electron chi connectivity index (χ4n) is 2.10. The van der Waals surface area contributed by atoms with Gasteiger partial charge in [0.2, 0.25) is 0 Å². The van der Waals surface area contributed by atoms with Crippen LogP contribution in [-0.4, -0.2) is 9.97 Å². The van der Waals surface area contributed by atoms with Crippen molar-refractivity contribution in [3.05, 3.63) is 52.1 Å². The van der Waals surface area contributed by atoms with Crippen LogP contribution in [0.15, 0.2) is 35.4 Å². The van der Waals surface area contributed by atoms with Gasteiger partial charge in [0.05, 0.1) is 12.0 Å². The maximum absolute atomic E-state index is 11.9. The molecular formula is C15H18N2O. The van der Waals surface area contributed by atoms with Gasteiger partial charge in [-0.15, -0.1) is 0 Å². The van der Waals surface area contributed by atoms with Crippen molar-refractivity contribution in [1.29, 1.82) is 0 Å². The van der Waals surface area contributed by atoms with Crippen molar-refractivity contribution in [2.45, 2.75) is 33.1 Å². The minimum atomic E-state index is -0.0243. The normalized spacial score (nSPS) is 10.6. The Labute approximate surface area is 107 Å². The third kappa shape index (κ3) is 2.50. The first-order valence-corrected chi connectivity index (χ1v) is 6.42. The van der Waals surface area contributed by atoms with Gasteiger partial charge in [0.25, 0.3) is 5.56 Å². The third-order valence-corrected chi connectivity index (χ3v) is 3.06. The predicted octanol–water partition coefficient (Wildman–Crippen LogP) is 2.95. The van der Waals surface area contributed by atoms with E-state index in [1.54, 1.807) is 0 Å². The van der Waals surface area contributed by atoms with Gasteiger partial charge in [-0.3, -0.25) is 4.79 Å². The van der Waals surface area contributed by atoms with Crippen LogP contribution >= 0.6 is 0 Å². The summed E-state index contributed by atoms with van der Waals surface area (Å²) in [6, 6.07) is 8.24. The first-order chi connectivity index (χ1) is 8.76. The van der Waals surface area contributed by atoms with Crippen molar-refractivity contribution in [2.24, 2.45) is 0 Å². The van der Waals surface area contributed by atoms with Crippen molar-refractivity contribution in [2.75, 3.05) is 0 Å². The van der Waals surface area contributed by atoms with Crippen LogP contribution in [0.5, 0.6) is 0 Å². The molecule has 0 amide bonds. The van der Waals surface area contributed by atoms with Crippen LogP contribution in [0.25, 0.3) is 11.3 Å². The van der Waals surface area contributed by atoms with Crippen LogP contribution in [0.2, 0.25) is 0 Å². The zero-order valence-electron chi connectivity index (χ0n) is 10.9. The van der Waals surface area contributed by atoms with E-state index in [-0.39, 0.29) is 5.56 Å². The van der Waals surface area contributed by atoms with E-state index >= 15 is 0 Å². The number of nitrogens with one attached hydrogen (secondary N) is 1. The smallest absolute Gasteiger partial charge is 0.254 e. The molecule has 0 fully saturated rings. The molecule has 0 bridgehead atoms. The van der Waals surface area contributed by atoms with Gasteiger partial charge < -0.3 is 4.98 Å². The summed E-state index contributed by atoms with van der Waals surface area (Å²) in [5.41, 5.74) is 3.87. The lowest BCUT2D eigenvalue weighted by molar-refractivity contribution is 0.888. The molecule has 94 valence electrons. The lowest BCUT2D eigenvalue weighted by atomic mass is 10.0. The molecule has 0 radical (unpaired) electrons. The first-order valence-electron chi connectivity index (χ1n) is 6.42. The number of aromatic nitrogens is 2. The van der Waals surface area contributed by atoms with Gasteiger partial charge in [-0.2, -0.15) is 0 Å². The summed E-state index contributed by atoms with van der Waals surface area (Å²) in [6.07, 6.45) is 4.17. The van der Waals surface area contributed by atoms with Crippen molar-refractivity contribution in [3.63, 3.8) is 0 Å². The average molecular weight is 242 g/mol. The molecule has 18 heavy (non-hydrogen) atoms. The molecule has 0 atom stereocenters. The summed E-state index contributed by atoms with van der Waals surface area (Å²) >= 11 is 0. The molecule has 2 rings (SSSR count). The Hall–Kier alpha value is -1.90. The average Bonchev–Trinajstić information content (AvgIpc) is 2.41. The zero-order valence-corrected chi connectivity index (χ0v) is 10.9. The Morgan fingerprint density at radius 1 is 1.28 bits per heavy atom. The van der Waals surface area contributed by atoms with E-state index < -0.39 is 0 Å². The van der Waals surface area contributed by atoms with Crippen LogP contribution in [-0.2, 0) is 12.8 Å². The van der Waals surface area contributed by atoms with E-state index in [1.165, 1.54) is 11.9 Å². The van der Waals surface area contributed by atoms with E-state index in [0.717, 1.165) is 36.1 Å². The van der Waals surface area contributed by atoms with Crippen LogP contribution in [0.3, 0.4) is 0 Å². The van der Waals surface area contributed by atoms with Gasteiger partial charge >= 0.3 is 0 Å². The molecule has 0 aliphatic carbocycles. The van der Waals surface area contributed by atoms with E-state index in [9.17, 15) is 4.79 Å². The molecule has 0 saturated carbocycles. The van der Waals surface area contributed by atoms with Gasteiger partial charge in [0.15, 0.2) is 0 Å². The predicted molar refractivity (Wildman–Crippen MR) is 73.7 cm³/mol. The van der Waals surface area contributed by atoms with Crippen molar-refractivity contribution < 1.29 is 0 Å². The lowest BCUT2D eigenvalue weighted by Crippen LogP contribution is -2.14. The summed E-state index contributed by atoms with van der Waals surface area (Å²) in [5, 5.41) is 0. The van der Waals surface area contributed by atoms with Gasteiger partial charge in [-0.25, -0.2) is 4.98 Å². The van der Waals surface area contributed by atoms with E-state index in [1.807, 2.05) is 12.1 Å². The van der Waals surface area contributed by atoms with Gasteiger partial charge in [0.1, 0.15) is 0 Å². The van der Waals surface area contributed by atoms with Crippen LogP contribution in [0.4, 0.5) is 0 Å². The van der Waals surface area contributed by atoms with E-state index in [2.05, 4.69) is 35.9 Å². The molecule has 0 saturated heterocycles. The maximum atomic E-state index is 11.9. The Morgan fingerprint density at radius 3 is 2.83 bits per heavy atom. The largest absolute Gasteiger partial charge is 0.313 e. The summed E-state index contributed by atoms with van der Waals surface area (Å²) in [7, 11) is 0. The Balaban J connectivity index is 2.55. The Bertz CT molecular complexity index is 587. The first kappa shape index (κ1) is 12.6. The highest BCUT2D eigenvalue weighted by atomic mass is 16.1. The highest BCUT2D eigenvalue weighted by Crippen LogP contribution is 2.21. The van der Waals surface area contributed by atoms with Crippen molar-refractivity contribution in [1.82, 2.24) is 9.97 Å². The zero-order chi connectivity index (χ0) is 13.0. The fraction of sp³-hybridized carbons (Fsp3) is 0.333. The number of benzene rings is 1. The Morgan fingerprint density at radius 2 is 2.11 bits per heavy atom. The van der Waals surface area contributed by atoms with E-state index in [0.29, 0.717) is 0 Å². The van der Waals surface area contributed by atoms with Crippen LogP contribution < -0.4 is 5.56 Å². The number of hydrogen-bond donors (Lipinski definition) is 1. The van der Waals surface area contributed by atoms with Crippen LogP contribution in [0.1, 0.15) is 31.4 Å². The second kappa shape index (κ2) is 5.63. The monoisotopic (exact) mass is 242 g/mol. The molecule has 2 aromatic rings. The van der Waals surface area contributed by atoms with Crippen molar-refractivity contribution >= 4 is 0 Å². The molecular weight excluding hydrogens is 224 g/mol. The highest BCUT2D eigenvalue weighted by molar-refractivity contribution is 5.63. The number of H-pyrrole nitrogens is 1. The Kier molecular flexibility index (Phi) is 3.92. The SMILES string of the molecule is CCCc1c(-c2cccc(CC)c2)nc[nH]c1=O. The second-order valence-electron chi connectivity index (χ2n) is 4.36. The van der Waals surface area contributed by atoms with E-state index in [4.69, 9.17) is 0 Å². The number of aromatic amines is 1. The molecule has 0 unspecified atom stereocenters. The third-order valence-electron chi connectivity index (χ3n) is 3.06. The molecule has 1 aromatic carbocycles. The molecule has 0 aliphatic heterocycles. The van der Waals surface area contributed by atoms with Crippen molar-refractivity contribution in [3.8, 4) is 11.3 Å². The number of nitrogens with zero attached hydrogens (tertiary/aromatic N) is 1. The molecule has 3 nitrogen and oxygen atoms in total. The molecule has 1 aromatic heterocycles. The number of aryl methyl sites for hydroxylation is 1.